The highest BCUT2D eigenvalue weighted by molar-refractivity contribution is 4.55. The maximum atomic E-state index is 2.51. The molecule has 0 aromatic heterocycles. The predicted octanol–water partition coefficient (Wildman–Crippen LogP) is 4.79. The van der Waals surface area contributed by atoms with Gasteiger partial charge in [0, 0.05) is 0 Å². The molecule has 0 aliphatic carbocycles. The Kier molecular flexibility index (Phi) is 15.3. The second kappa shape index (κ2) is 15.3. The van der Waals surface area contributed by atoms with Gasteiger partial charge in [0.25, 0.3) is 0 Å². The first-order chi connectivity index (χ1) is 9.70. The molecule has 0 aliphatic heterocycles. The summed E-state index contributed by atoms with van der Waals surface area (Å²) in [5.41, 5.74) is 0. The fraction of sp³-hybridized carbons (Fsp3) is 1.00. The first-order valence-electron chi connectivity index (χ1n) is 9.07. The lowest BCUT2D eigenvalue weighted by Gasteiger charge is -2.17. The molecular formula is C18H40N2. The zero-order chi connectivity index (χ0) is 15.1. The van der Waals surface area contributed by atoms with Crippen molar-refractivity contribution < 1.29 is 0 Å². The van der Waals surface area contributed by atoms with Crippen LogP contribution in [0.1, 0.15) is 78.1 Å². The van der Waals surface area contributed by atoms with Crippen molar-refractivity contribution in [2.75, 3.05) is 40.3 Å². The fourth-order valence-electron chi connectivity index (χ4n) is 2.60. The summed E-state index contributed by atoms with van der Waals surface area (Å²) in [6.07, 6.45) is 13.7. The summed E-state index contributed by atoms with van der Waals surface area (Å²) in [4.78, 5) is 5.01. The highest BCUT2D eigenvalue weighted by atomic mass is 15.1. The molecule has 0 amide bonds. The van der Waals surface area contributed by atoms with Crippen molar-refractivity contribution in [3.63, 3.8) is 0 Å². The summed E-state index contributed by atoms with van der Waals surface area (Å²) in [5, 5.41) is 0. The quantitative estimate of drug-likeness (QED) is 0.399. The molecule has 0 heterocycles. The summed E-state index contributed by atoms with van der Waals surface area (Å²) >= 11 is 0. The molecule has 2 nitrogen and oxygen atoms in total. The molecule has 0 bridgehead atoms. The van der Waals surface area contributed by atoms with E-state index in [1.54, 1.807) is 0 Å². The lowest BCUT2D eigenvalue weighted by atomic mass is 10.1. The molecule has 0 fully saturated rings. The van der Waals surface area contributed by atoms with Gasteiger partial charge in [-0.2, -0.15) is 0 Å². The van der Waals surface area contributed by atoms with E-state index in [1.165, 1.54) is 90.4 Å². The molecule has 0 N–H and O–H groups in total. The minimum Gasteiger partial charge on any atom is -0.306 e. The largest absolute Gasteiger partial charge is 0.306 e. The zero-order valence-electron chi connectivity index (χ0n) is 14.8. The number of hydrogen-bond donors (Lipinski definition) is 0. The van der Waals surface area contributed by atoms with Gasteiger partial charge in [-0.1, -0.05) is 52.4 Å². The van der Waals surface area contributed by atoms with Gasteiger partial charge in [0.1, 0.15) is 0 Å². The Morgan fingerprint density at radius 2 is 0.750 bits per heavy atom. The molecule has 20 heavy (non-hydrogen) atoms. The average molecular weight is 285 g/mol. The van der Waals surface area contributed by atoms with Gasteiger partial charge in [0.15, 0.2) is 0 Å². The van der Waals surface area contributed by atoms with Crippen molar-refractivity contribution in [1.29, 1.82) is 0 Å². The summed E-state index contributed by atoms with van der Waals surface area (Å²) in [7, 11) is 4.55. The predicted molar refractivity (Wildman–Crippen MR) is 92.5 cm³/mol. The molecule has 0 aliphatic rings. The molecule has 0 radical (unpaired) electrons. The molecule has 0 unspecified atom stereocenters. The Labute approximate surface area is 128 Å². The Morgan fingerprint density at radius 1 is 0.450 bits per heavy atom. The van der Waals surface area contributed by atoms with Gasteiger partial charge < -0.3 is 9.80 Å². The number of rotatable bonds is 15. The van der Waals surface area contributed by atoms with Crippen LogP contribution in [0.15, 0.2) is 0 Å². The second-order valence-corrected chi connectivity index (χ2v) is 6.43. The van der Waals surface area contributed by atoms with Crippen LogP contribution in [0.2, 0.25) is 0 Å². The monoisotopic (exact) mass is 284 g/mol. The zero-order valence-corrected chi connectivity index (χ0v) is 14.8. The van der Waals surface area contributed by atoms with Crippen molar-refractivity contribution in [2.45, 2.75) is 78.1 Å². The Hall–Kier alpha value is -0.0800. The fourth-order valence-corrected chi connectivity index (χ4v) is 2.60. The van der Waals surface area contributed by atoms with E-state index in [9.17, 15) is 0 Å². The minimum atomic E-state index is 1.29. The molecule has 0 aromatic rings. The minimum absolute atomic E-state index is 1.29. The third-order valence-electron chi connectivity index (χ3n) is 4.12. The Morgan fingerprint density at radius 3 is 1.05 bits per heavy atom. The molecule has 0 spiro atoms. The van der Waals surface area contributed by atoms with Crippen LogP contribution in [0.3, 0.4) is 0 Å². The van der Waals surface area contributed by atoms with Gasteiger partial charge in [-0.05, 0) is 66.0 Å². The summed E-state index contributed by atoms with van der Waals surface area (Å²) in [6.45, 7) is 9.70. The first kappa shape index (κ1) is 19.9. The van der Waals surface area contributed by atoms with Crippen LogP contribution in [0, 0.1) is 0 Å². The maximum absolute atomic E-state index is 2.51. The standard InChI is InChI=1S/C18H40N2/c1-5-7-11-15-19(3)17-13-9-10-14-18-20(4)16-12-8-6-2/h5-18H2,1-4H3. The van der Waals surface area contributed by atoms with Crippen molar-refractivity contribution in [3.05, 3.63) is 0 Å². The first-order valence-corrected chi connectivity index (χ1v) is 9.07. The lowest BCUT2D eigenvalue weighted by molar-refractivity contribution is 0.302. The smallest absolute Gasteiger partial charge is 0.00218 e. The normalized spacial score (nSPS) is 11.7. The molecule has 0 aromatic carbocycles. The van der Waals surface area contributed by atoms with Gasteiger partial charge in [-0.3, -0.25) is 0 Å². The molecule has 0 atom stereocenters. The van der Waals surface area contributed by atoms with Crippen LogP contribution in [0.5, 0.6) is 0 Å². The molecule has 2 heteroatoms. The molecular weight excluding hydrogens is 244 g/mol. The van der Waals surface area contributed by atoms with Gasteiger partial charge in [-0.25, -0.2) is 0 Å². The lowest BCUT2D eigenvalue weighted by Crippen LogP contribution is -2.21. The van der Waals surface area contributed by atoms with Crippen molar-refractivity contribution >= 4 is 0 Å². The number of unbranched alkanes of at least 4 members (excludes halogenated alkanes) is 7. The van der Waals surface area contributed by atoms with E-state index in [2.05, 4.69) is 37.7 Å². The third kappa shape index (κ3) is 14.3. The Balaban J connectivity index is 3.22. The summed E-state index contributed by atoms with van der Waals surface area (Å²) in [5.74, 6) is 0. The van der Waals surface area contributed by atoms with Crippen LogP contribution >= 0.6 is 0 Å². The van der Waals surface area contributed by atoms with Crippen LogP contribution in [0.25, 0.3) is 0 Å². The molecule has 0 saturated carbocycles. The summed E-state index contributed by atoms with van der Waals surface area (Å²) in [6, 6.07) is 0. The topological polar surface area (TPSA) is 6.48 Å². The van der Waals surface area contributed by atoms with Gasteiger partial charge in [-0.15, -0.1) is 0 Å². The molecule has 122 valence electrons. The molecule has 0 saturated heterocycles. The number of hydrogen-bond acceptors (Lipinski definition) is 2. The van der Waals surface area contributed by atoms with E-state index < -0.39 is 0 Å². The van der Waals surface area contributed by atoms with Crippen LogP contribution in [-0.2, 0) is 0 Å². The van der Waals surface area contributed by atoms with E-state index in [1.807, 2.05) is 0 Å². The molecule has 0 rings (SSSR count). The number of nitrogens with zero attached hydrogens (tertiary/aromatic N) is 2. The van der Waals surface area contributed by atoms with Gasteiger partial charge >= 0.3 is 0 Å². The average Bonchev–Trinajstić information content (AvgIpc) is 2.43. The van der Waals surface area contributed by atoms with Crippen LogP contribution < -0.4 is 0 Å². The van der Waals surface area contributed by atoms with Gasteiger partial charge in [0.2, 0.25) is 0 Å². The highest BCUT2D eigenvalue weighted by Crippen LogP contribution is 2.04. The van der Waals surface area contributed by atoms with Gasteiger partial charge in [0.05, 0.1) is 0 Å². The van der Waals surface area contributed by atoms with Crippen molar-refractivity contribution in [2.24, 2.45) is 0 Å². The maximum Gasteiger partial charge on any atom is -0.00218 e. The van der Waals surface area contributed by atoms with E-state index in [0.29, 0.717) is 0 Å². The van der Waals surface area contributed by atoms with E-state index in [4.69, 9.17) is 0 Å². The van der Waals surface area contributed by atoms with Crippen LogP contribution in [0.4, 0.5) is 0 Å². The van der Waals surface area contributed by atoms with E-state index in [-0.39, 0.29) is 0 Å². The Bertz CT molecular complexity index is 162. The summed E-state index contributed by atoms with van der Waals surface area (Å²) < 4.78 is 0. The highest BCUT2D eigenvalue weighted by Gasteiger charge is 2.00. The van der Waals surface area contributed by atoms with E-state index in [0.717, 1.165) is 0 Å². The van der Waals surface area contributed by atoms with E-state index >= 15 is 0 Å². The third-order valence-corrected chi connectivity index (χ3v) is 4.12. The SMILES string of the molecule is CCCCCN(C)CCCCCCN(C)CCCCC. The van der Waals surface area contributed by atoms with Crippen molar-refractivity contribution in [1.82, 2.24) is 9.80 Å². The second-order valence-electron chi connectivity index (χ2n) is 6.43. The van der Waals surface area contributed by atoms with Crippen LogP contribution in [-0.4, -0.2) is 50.1 Å². The van der Waals surface area contributed by atoms with Crippen molar-refractivity contribution in [3.8, 4) is 0 Å².